The summed E-state index contributed by atoms with van der Waals surface area (Å²) in [6, 6.07) is 2.09. The molecule has 70 valence electrons. The van der Waals surface area contributed by atoms with Crippen molar-refractivity contribution in [3.63, 3.8) is 0 Å². The van der Waals surface area contributed by atoms with Crippen LogP contribution in [0.4, 0.5) is 0 Å². The lowest BCUT2D eigenvalue weighted by molar-refractivity contribution is 0.632. The first-order chi connectivity index (χ1) is 5.52. The van der Waals surface area contributed by atoms with Gasteiger partial charge in [-0.25, -0.2) is 0 Å². The summed E-state index contributed by atoms with van der Waals surface area (Å²) in [5.41, 5.74) is 5.01. The molecule has 0 fully saturated rings. The van der Waals surface area contributed by atoms with Crippen molar-refractivity contribution in [2.75, 3.05) is 11.5 Å². The predicted octanol–water partition coefficient (Wildman–Crippen LogP) is 2.01. The first-order valence-electron chi connectivity index (χ1n) is 4.29. The maximum absolute atomic E-state index is 8.63. The van der Waals surface area contributed by atoms with Crippen LogP contribution in [0.3, 0.4) is 0 Å². The Hall–Kier alpha value is -0.200. The highest BCUT2D eigenvalue weighted by molar-refractivity contribution is 7.99. The Bertz CT molecular complexity index is 160. The highest BCUT2D eigenvalue weighted by Crippen LogP contribution is 2.15. The van der Waals surface area contributed by atoms with E-state index in [2.05, 4.69) is 19.9 Å². The third kappa shape index (κ3) is 5.45. The van der Waals surface area contributed by atoms with E-state index in [-0.39, 0.29) is 0 Å². The van der Waals surface area contributed by atoms with Crippen LogP contribution in [-0.2, 0) is 0 Å². The molecule has 0 aromatic heterocycles. The molecular weight excluding hydrogens is 168 g/mol. The molecule has 0 bridgehead atoms. The lowest BCUT2D eigenvalue weighted by Gasteiger charge is -2.15. The van der Waals surface area contributed by atoms with Gasteiger partial charge in [-0.1, -0.05) is 20.3 Å². The minimum Gasteiger partial charge on any atom is -0.313 e. The van der Waals surface area contributed by atoms with Gasteiger partial charge in [0.25, 0.3) is 0 Å². The first kappa shape index (κ1) is 11.8. The molecule has 2 N–H and O–H groups in total. The smallest absolute Gasteiger partial charge is 0.110 e. The Labute approximate surface area is 79.5 Å². The Kier molecular flexibility index (Phi) is 5.36. The average Bonchev–Trinajstić information content (AvgIpc) is 2.04. The molecule has 0 amide bonds. The number of rotatable bonds is 5. The molecule has 0 spiro atoms. The normalized spacial score (nSPS) is 17.9. The molecule has 0 heterocycles. The summed E-state index contributed by atoms with van der Waals surface area (Å²) in [4.78, 5) is 0. The number of nitrogens with zero attached hydrogens (tertiary/aromatic N) is 1. The molecule has 0 aromatic rings. The average molecular weight is 186 g/mol. The highest BCUT2D eigenvalue weighted by Gasteiger charge is 2.16. The molecule has 2 nitrogen and oxygen atoms in total. The number of thioether (sulfide) groups is 1. The Morgan fingerprint density at radius 3 is 2.67 bits per heavy atom. The summed E-state index contributed by atoms with van der Waals surface area (Å²) in [6.45, 7) is 6.17. The molecule has 0 aliphatic rings. The van der Waals surface area contributed by atoms with Crippen molar-refractivity contribution in [2.24, 2.45) is 11.7 Å². The zero-order valence-corrected chi connectivity index (χ0v) is 8.95. The second kappa shape index (κ2) is 5.45. The van der Waals surface area contributed by atoms with Gasteiger partial charge in [-0.15, -0.1) is 0 Å². The minimum atomic E-state index is -0.655. The van der Waals surface area contributed by atoms with Crippen molar-refractivity contribution in [3.8, 4) is 6.07 Å². The van der Waals surface area contributed by atoms with Gasteiger partial charge in [0.1, 0.15) is 5.54 Å². The predicted molar refractivity (Wildman–Crippen MR) is 55.0 cm³/mol. The van der Waals surface area contributed by atoms with Gasteiger partial charge in [0, 0.05) is 5.75 Å². The van der Waals surface area contributed by atoms with E-state index in [4.69, 9.17) is 11.0 Å². The van der Waals surface area contributed by atoms with Gasteiger partial charge >= 0.3 is 0 Å². The molecule has 0 aromatic carbocycles. The van der Waals surface area contributed by atoms with Crippen LogP contribution in [0.1, 0.15) is 27.2 Å². The van der Waals surface area contributed by atoms with E-state index in [0.29, 0.717) is 0 Å². The van der Waals surface area contributed by atoms with Gasteiger partial charge in [-0.2, -0.15) is 17.0 Å². The fraction of sp³-hybridized carbons (Fsp3) is 0.889. The molecule has 2 unspecified atom stereocenters. The summed E-state index contributed by atoms with van der Waals surface area (Å²) < 4.78 is 0. The number of nitriles is 1. The van der Waals surface area contributed by atoms with E-state index >= 15 is 0 Å². The molecule has 0 rings (SSSR count). The summed E-state index contributed by atoms with van der Waals surface area (Å²) in [6.07, 6.45) is 1.20. The minimum absolute atomic E-state index is 0.655. The van der Waals surface area contributed by atoms with Crippen molar-refractivity contribution in [1.29, 1.82) is 5.26 Å². The molecule has 0 saturated heterocycles. The van der Waals surface area contributed by atoms with Gasteiger partial charge in [0.05, 0.1) is 6.07 Å². The largest absolute Gasteiger partial charge is 0.313 e. The third-order valence-electron chi connectivity index (χ3n) is 1.76. The van der Waals surface area contributed by atoms with E-state index < -0.39 is 5.54 Å². The fourth-order valence-electron chi connectivity index (χ4n) is 0.622. The molecular formula is C9H18N2S. The first-order valence-corrected chi connectivity index (χ1v) is 5.45. The molecule has 0 saturated carbocycles. The van der Waals surface area contributed by atoms with E-state index in [1.54, 1.807) is 18.7 Å². The number of hydrogen-bond acceptors (Lipinski definition) is 3. The van der Waals surface area contributed by atoms with E-state index in [1.807, 2.05) is 0 Å². The standard InChI is InChI=1S/C9H18N2S/c1-4-8(2)5-12-7-9(3,11)6-10/h8H,4-5,7,11H2,1-3H3. The summed E-state index contributed by atoms with van der Waals surface area (Å²) >= 11 is 1.77. The van der Waals surface area contributed by atoms with Crippen LogP contribution in [0.25, 0.3) is 0 Å². The summed E-state index contributed by atoms with van der Waals surface area (Å²) in [5.74, 6) is 2.56. The van der Waals surface area contributed by atoms with E-state index in [1.165, 1.54) is 6.42 Å². The lowest BCUT2D eigenvalue weighted by Crippen LogP contribution is -2.37. The summed E-state index contributed by atoms with van der Waals surface area (Å²) in [7, 11) is 0. The molecule has 3 heteroatoms. The van der Waals surface area contributed by atoms with Crippen LogP contribution in [0.5, 0.6) is 0 Å². The van der Waals surface area contributed by atoms with Crippen LogP contribution in [0.15, 0.2) is 0 Å². The SMILES string of the molecule is CCC(C)CSCC(C)(N)C#N. The van der Waals surface area contributed by atoms with Gasteiger partial charge in [-0.3, -0.25) is 0 Å². The maximum Gasteiger partial charge on any atom is 0.110 e. The highest BCUT2D eigenvalue weighted by atomic mass is 32.2. The number of hydrogen-bond donors (Lipinski definition) is 1. The topological polar surface area (TPSA) is 49.8 Å². The van der Waals surface area contributed by atoms with Crippen LogP contribution in [-0.4, -0.2) is 17.0 Å². The quantitative estimate of drug-likeness (QED) is 0.714. The second-order valence-electron chi connectivity index (χ2n) is 3.56. The molecule has 0 radical (unpaired) electrons. The van der Waals surface area contributed by atoms with Gasteiger partial charge in [0.2, 0.25) is 0 Å². The number of nitrogens with two attached hydrogens (primary N) is 1. The molecule has 0 aliphatic heterocycles. The molecule has 12 heavy (non-hydrogen) atoms. The van der Waals surface area contributed by atoms with Crippen molar-refractivity contribution in [2.45, 2.75) is 32.7 Å². The Balaban J connectivity index is 3.51. The van der Waals surface area contributed by atoms with Gasteiger partial charge in [-0.05, 0) is 18.6 Å². The van der Waals surface area contributed by atoms with Crippen LogP contribution in [0.2, 0.25) is 0 Å². The maximum atomic E-state index is 8.63. The second-order valence-corrected chi connectivity index (χ2v) is 4.59. The zero-order chi connectivity index (χ0) is 9.61. The van der Waals surface area contributed by atoms with E-state index in [0.717, 1.165) is 17.4 Å². The fourth-order valence-corrected chi connectivity index (χ4v) is 1.87. The van der Waals surface area contributed by atoms with Crippen LogP contribution >= 0.6 is 11.8 Å². The monoisotopic (exact) mass is 186 g/mol. The van der Waals surface area contributed by atoms with Gasteiger partial charge < -0.3 is 5.73 Å². The van der Waals surface area contributed by atoms with Gasteiger partial charge in [0.15, 0.2) is 0 Å². The van der Waals surface area contributed by atoms with Crippen molar-refractivity contribution < 1.29 is 0 Å². The van der Waals surface area contributed by atoms with Crippen molar-refractivity contribution in [1.82, 2.24) is 0 Å². The molecule has 0 aliphatic carbocycles. The zero-order valence-electron chi connectivity index (χ0n) is 8.13. The Morgan fingerprint density at radius 2 is 2.25 bits per heavy atom. The van der Waals surface area contributed by atoms with Crippen LogP contribution in [0, 0.1) is 17.2 Å². The molecule has 2 atom stereocenters. The van der Waals surface area contributed by atoms with Crippen molar-refractivity contribution >= 4 is 11.8 Å². The van der Waals surface area contributed by atoms with Crippen molar-refractivity contribution in [3.05, 3.63) is 0 Å². The summed E-state index contributed by atoms with van der Waals surface area (Å²) in [5, 5.41) is 8.63. The van der Waals surface area contributed by atoms with E-state index in [9.17, 15) is 0 Å². The van der Waals surface area contributed by atoms with Crippen LogP contribution < -0.4 is 5.73 Å². The Morgan fingerprint density at radius 1 is 1.67 bits per heavy atom. The third-order valence-corrected chi connectivity index (χ3v) is 3.37. The lowest BCUT2D eigenvalue weighted by atomic mass is 10.1.